The van der Waals surface area contributed by atoms with Crippen LogP contribution in [-0.2, 0) is 17.9 Å². The van der Waals surface area contributed by atoms with Crippen LogP contribution >= 0.6 is 11.8 Å². The molecule has 7 nitrogen and oxygen atoms in total. The third kappa shape index (κ3) is 5.95. The molecule has 1 unspecified atom stereocenters. The monoisotopic (exact) mass is 438 g/mol. The quantitative estimate of drug-likeness (QED) is 0.413. The van der Waals surface area contributed by atoms with Crippen LogP contribution in [0.25, 0.3) is 10.9 Å². The number of para-hydroxylation sites is 1. The maximum atomic E-state index is 12.9. The van der Waals surface area contributed by atoms with Crippen molar-refractivity contribution in [2.75, 3.05) is 0 Å². The van der Waals surface area contributed by atoms with Gasteiger partial charge in [0.15, 0.2) is 5.16 Å². The van der Waals surface area contributed by atoms with Gasteiger partial charge in [-0.1, -0.05) is 67.6 Å². The molecule has 0 aliphatic rings. The van der Waals surface area contributed by atoms with Gasteiger partial charge in [-0.05, 0) is 31.0 Å². The minimum atomic E-state index is -0.608. The van der Waals surface area contributed by atoms with Crippen LogP contribution in [0.5, 0.6) is 0 Å². The number of nitrogens with zero attached hydrogens (tertiary/aromatic N) is 2. The molecular weight excluding hydrogens is 412 g/mol. The molecule has 3 aromatic rings. The maximum Gasteiger partial charge on any atom is 0.321 e. The summed E-state index contributed by atoms with van der Waals surface area (Å²) in [5, 5.41) is 5.45. The molecule has 162 valence electrons. The predicted octanol–water partition coefficient (Wildman–Crippen LogP) is 3.70. The SMILES string of the molecule is CCCCn1c(SC(C)C(=O)NC(=O)NCc2ccccc2)nc2ccccc2c1=O. The van der Waals surface area contributed by atoms with Crippen molar-refractivity contribution >= 4 is 34.6 Å². The van der Waals surface area contributed by atoms with Crippen molar-refractivity contribution in [2.45, 2.75) is 50.2 Å². The summed E-state index contributed by atoms with van der Waals surface area (Å²) < 4.78 is 1.62. The molecule has 0 bridgehead atoms. The molecular formula is C23H26N4O3S. The Morgan fingerprint density at radius 3 is 2.55 bits per heavy atom. The minimum absolute atomic E-state index is 0.116. The second-order valence-corrected chi connectivity index (χ2v) is 8.45. The van der Waals surface area contributed by atoms with Crippen LogP contribution in [0.2, 0.25) is 0 Å². The second-order valence-electron chi connectivity index (χ2n) is 7.14. The molecule has 0 saturated heterocycles. The minimum Gasteiger partial charge on any atom is -0.334 e. The van der Waals surface area contributed by atoms with Crippen molar-refractivity contribution in [3.05, 3.63) is 70.5 Å². The van der Waals surface area contributed by atoms with Gasteiger partial charge in [-0.15, -0.1) is 0 Å². The molecule has 0 fully saturated rings. The Labute approximate surface area is 185 Å². The first-order valence-corrected chi connectivity index (χ1v) is 11.2. The Bertz CT molecular complexity index is 1110. The van der Waals surface area contributed by atoms with E-state index in [-0.39, 0.29) is 5.56 Å². The van der Waals surface area contributed by atoms with Gasteiger partial charge in [-0.2, -0.15) is 0 Å². The zero-order valence-corrected chi connectivity index (χ0v) is 18.4. The third-order valence-electron chi connectivity index (χ3n) is 4.75. The van der Waals surface area contributed by atoms with E-state index in [1.54, 1.807) is 23.6 Å². The van der Waals surface area contributed by atoms with Crippen LogP contribution in [0.1, 0.15) is 32.3 Å². The number of benzene rings is 2. The van der Waals surface area contributed by atoms with Gasteiger partial charge in [0.2, 0.25) is 5.91 Å². The fraction of sp³-hybridized carbons (Fsp3) is 0.304. The van der Waals surface area contributed by atoms with Crippen LogP contribution < -0.4 is 16.2 Å². The Morgan fingerprint density at radius 1 is 1.10 bits per heavy atom. The number of imide groups is 1. The lowest BCUT2D eigenvalue weighted by Gasteiger charge is -2.16. The normalized spacial score (nSPS) is 11.8. The third-order valence-corrected chi connectivity index (χ3v) is 5.84. The first-order chi connectivity index (χ1) is 15.0. The van der Waals surface area contributed by atoms with Gasteiger partial charge in [-0.3, -0.25) is 19.5 Å². The van der Waals surface area contributed by atoms with E-state index in [1.165, 1.54) is 11.8 Å². The van der Waals surface area contributed by atoms with Gasteiger partial charge in [0.25, 0.3) is 5.56 Å². The maximum absolute atomic E-state index is 12.9. The van der Waals surface area contributed by atoms with E-state index < -0.39 is 17.2 Å². The number of rotatable bonds is 8. The molecule has 8 heteroatoms. The largest absolute Gasteiger partial charge is 0.334 e. The van der Waals surface area contributed by atoms with Gasteiger partial charge in [0.1, 0.15) is 0 Å². The summed E-state index contributed by atoms with van der Waals surface area (Å²) in [7, 11) is 0. The van der Waals surface area contributed by atoms with E-state index in [1.807, 2.05) is 42.5 Å². The number of hydrogen-bond acceptors (Lipinski definition) is 5. The molecule has 0 aliphatic carbocycles. The lowest BCUT2D eigenvalue weighted by molar-refractivity contribution is -0.119. The summed E-state index contributed by atoms with van der Waals surface area (Å²) in [5.41, 5.74) is 1.42. The van der Waals surface area contributed by atoms with Crippen LogP contribution in [-0.4, -0.2) is 26.7 Å². The average molecular weight is 439 g/mol. The second kappa shape index (κ2) is 10.8. The summed E-state index contributed by atoms with van der Waals surface area (Å²) in [5.74, 6) is -0.444. The van der Waals surface area contributed by atoms with Crippen molar-refractivity contribution in [3.63, 3.8) is 0 Å². The summed E-state index contributed by atoms with van der Waals surface area (Å²) in [6, 6.07) is 16.1. The molecule has 1 aromatic heterocycles. The number of nitrogens with one attached hydrogen (secondary N) is 2. The number of urea groups is 1. The van der Waals surface area contributed by atoms with E-state index in [0.29, 0.717) is 29.1 Å². The molecule has 0 spiro atoms. The molecule has 3 rings (SSSR count). The highest BCUT2D eigenvalue weighted by atomic mass is 32.2. The highest BCUT2D eigenvalue weighted by molar-refractivity contribution is 8.00. The molecule has 1 atom stereocenters. The summed E-state index contributed by atoms with van der Waals surface area (Å²) >= 11 is 1.17. The van der Waals surface area contributed by atoms with Crippen LogP contribution in [0.3, 0.4) is 0 Å². The topological polar surface area (TPSA) is 93.1 Å². The van der Waals surface area contributed by atoms with Gasteiger partial charge >= 0.3 is 6.03 Å². The number of amides is 3. The number of unbranched alkanes of at least 4 members (excludes halogenated alkanes) is 1. The van der Waals surface area contributed by atoms with Gasteiger partial charge in [-0.25, -0.2) is 9.78 Å². The molecule has 2 N–H and O–H groups in total. The van der Waals surface area contributed by atoms with Crippen LogP contribution in [0.15, 0.2) is 64.5 Å². The van der Waals surface area contributed by atoms with Crippen molar-refractivity contribution in [2.24, 2.45) is 0 Å². The van der Waals surface area contributed by atoms with Crippen molar-refractivity contribution in [1.82, 2.24) is 20.2 Å². The molecule has 31 heavy (non-hydrogen) atoms. The first-order valence-electron chi connectivity index (χ1n) is 10.3. The van der Waals surface area contributed by atoms with E-state index in [0.717, 1.165) is 18.4 Å². The zero-order valence-electron chi connectivity index (χ0n) is 17.6. The lowest BCUT2D eigenvalue weighted by atomic mass is 10.2. The first kappa shape index (κ1) is 22.6. The fourth-order valence-corrected chi connectivity index (χ4v) is 3.93. The number of carbonyl (C=O) groups is 2. The zero-order chi connectivity index (χ0) is 22.2. The number of carbonyl (C=O) groups excluding carboxylic acids is 2. The summed E-state index contributed by atoms with van der Waals surface area (Å²) in [4.78, 5) is 42.2. The number of aromatic nitrogens is 2. The van der Waals surface area contributed by atoms with E-state index in [2.05, 4.69) is 22.5 Å². The Morgan fingerprint density at radius 2 is 1.81 bits per heavy atom. The van der Waals surface area contributed by atoms with Crippen LogP contribution in [0.4, 0.5) is 4.79 Å². The highest BCUT2D eigenvalue weighted by Gasteiger charge is 2.21. The van der Waals surface area contributed by atoms with Gasteiger partial charge in [0, 0.05) is 13.1 Å². The van der Waals surface area contributed by atoms with Crippen molar-refractivity contribution in [1.29, 1.82) is 0 Å². The van der Waals surface area contributed by atoms with E-state index in [9.17, 15) is 14.4 Å². The Hall–Kier alpha value is -3.13. The average Bonchev–Trinajstić information content (AvgIpc) is 2.78. The summed E-state index contributed by atoms with van der Waals surface area (Å²) in [6.45, 7) is 4.60. The van der Waals surface area contributed by atoms with Crippen molar-refractivity contribution < 1.29 is 9.59 Å². The smallest absolute Gasteiger partial charge is 0.321 e. The molecule has 0 saturated carbocycles. The number of thioether (sulfide) groups is 1. The standard InChI is InChI=1S/C23H26N4O3S/c1-3-4-14-27-21(29)18-12-8-9-13-19(18)25-23(27)31-16(2)20(28)26-22(30)24-15-17-10-6-5-7-11-17/h5-13,16H,3-4,14-15H2,1-2H3,(H2,24,26,28,30). The predicted molar refractivity (Wildman–Crippen MR) is 123 cm³/mol. The molecule has 3 amide bonds. The Balaban J connectivity index is 1.69. The number of hydrogen-bond donors (Lipinski definition) is 2. The van der Waals surface area contributed by atoms with Gasteiger partial charge in [0.05, 0.1) is 16.2 Å². The van der Waals surface area contributed by atoms with E-state index in [4.69, 9.17) is 0 Å². The fourth-order valence-electron chi connectivity index (χ4n) is 3.00. The molecule has 2 aromatic carbocycles. The van der Waals surface area contributed by atoms with Crippen LogP contribution in [0, 0.1) is 0 Å². The number of fused-ring (bicyclic) bond motifs is 1. The molecule has 0 aliphatic heterocycles. The van der Waals surface area contributed by atoms with E-state index >= 15 is 0 Å². The Kier molecular flexibility index (Phi) is 7.83. The highest BCUT2D eigenvalue weighted by Crippen LogP contribution is 2.23. The molecule has 1 heterocycles. The van der Waals surface area contributed by atoms with Gasteiger partial charge < -0.3 is 5.32 Å². The lowest BCUT2D eigenvalue weighted by Crippen LogP contribution is -2.42. The molecule has 0 radical (unpaired) electrons. The summed E-state index contributed by atoms with van der Waals surface area (Å²) in [6.07, 6.45) is 1.76. The van der Waals surface area contributed by atoms with Crippen molar-refractivity contribution in [3.8, 4) is 0 Å².